The van der Waals surface area contributed by atoms with Gasteiger partial charge in [-0.2, -0.15) is 0 Å². The SMILES string of the molecule is Cc1ccccc1/C=C/C(=O)[O-].c1ccc(C[NH2+]Cc2ccccc2)cc1. The van der Waals surface area contributed by atoms with Crippen molar-refractivity contribution in [3.8, 4) is 0 Å². The molecular weight excluding hydrogens is 334 g/mol. The van der Waals surface area contributed by atoms with E-state index in [0.717, 1.165) is 30.3 Å². The zero-order valence-electron chi connectivity index (χ0n) is 15.5. The zero-order chi connectivity index (χ0) is 19.3. The highest BCUT2D eigenvalue weighted by Crippen LogP contribution is 2.08. The van der Waals surface area contributed by atoms with Crippen LogP contribution in [0.2, 0.25) is 0 Å². The van der Waals surface area contributed by atoms with Crippen LogP contribution in [-0.4, -0.2) is 5.97 Å². The third kappa shape index (κ3) is 8.17. The predicted molar refractivity (Wildman–Crippen MR) is 107 cm³/mol. The van der Waals surface area contributed by atoms with Crippen LogP contribution in [0.5, 0.6) is 0 Å². The Hall–Kier alpha value is -3.17. The van der Waals surface area contributed by atoms with Gasteiger partial charge in [-0.1, -0.05) is 91.0 Å². The maximum Gasteiger partial charge on any atom is 0.101 e. The minimum absolute atomic E-state index is 0.904. The van der Waals surface area contributed by atoms with Crippen LogP contribution in [0, 0.1) is 6.92 Å². The predicted octanol–water partition coefficient (Wildman–Crippen LogP) is 2.71. The molecule has 138 valence electrons. The molecule has 0 atom stereocenters. The van der Waals surface area contributed by atoms with Gasteiger partial charge in [-0.3, -0.25) is 0 Å². The van der Waals surface area contributed by atoms with Crippen LogP contribution in [0.15, 0.2) is 91.0 Å². The molecule has 2 N–H and O–H groups in total. The number of carbonyl (C=O) groups is 1. The minimum atomic E-state index is -1.17. The molecule has 0 bridgehead atoms. The molecule has 0 heterocycles. The Labute approximate surface area is 161 Å². The second-order valence-corrected chi connectivity index (χ2v) is 6.18. The number of aryl methyl sites for hydroxylation is 1. The van der Waals surface area contributed by atoms with Crippen molar-refractivity contribution < 1.29 is 15.2 Å². The summed E-state index contributed by atoms with van der Waals surface area (Å²) in [5.74, 6) is -1.17. The van der Waals surface area contributed by atoms with Gasteiger partial charge in [0.05, 0.1) is 5.97 Å². The number of hydrogen-bond donors (Lipinski definition) is 1. The summed E-state index contributed by atoms with van der Waals surface area (Å²) in [7, 11) is 0. The molecule has 0 fully saturated rings. The van der Waals surface area contributed by atoms with Gasteiger partial charge in [0.2, 0.25) is 0 Å². The zero-order valence-corrected chi connectivity index (χ0v) is 15.5. The fraction of sp³-hybridized carbons (Fsp3) is 0.125. The number of carboxylic acids is 1. The lowest BCUT2D eigenvalue weighted by molar-refractivity contribution is -0.686. The van der Waals surface area contributed by atoms with E-state index in [1.54, 1.807) is 0 Å². The molecule has 3 nitrogen and oxygen atoms in total. The summed E-state index contributed by atoms with van der Waals surface area (Å²) in [5, 5.41) is 12.4. The van der Waals surface area contributed by atoms with Crippen molar-refractivity contribution in [2.75, 3.05) is 0 Å². The first kappa shape index (κ1) is 20.1. The van der Waals surface area contributed by atoms with Crippen LogP contribution in [0.3, 0.4) is 0 Å². The van der Waals surface area contributed by atoms with Crippen LogP contribution in [-0.2, 0) is 17.9 Å². The van der Waals surface area contributed by atoms with E-state index in [-0.39, 0.29) is 0 Å². The van der Waals surface area contributed by atoms with Crippen molar-refractivity contribution in [3.05, 3.63) is 113 Å². The summed E-state index contributed by atoms with van der Waals surface area (Å²) in [4.78, 5) is 10.1. The Kier molecular flexibility index (Phi) is 8.54. The van der Waals surface area contributed by atoms with Crippen molar-refractivity contribution >= 4 is 12.0 Å². The minimum Gasteiger partial charge on any atom is -0.545 e. The first-order valence-corrected chi connectivity index (χ1v) is 8.99. The molecule has 0 spiro atoms. The summed E-state index contributed by atoms with van der Waals surface area (Å²) in [5.41, 5.74) is 4.72. The maximum absolute atomic E-state index is 10.1. The summed E-state index contributed by atoms with van der Waals surface area (Å²) in [6, 6.07) is 28.7. The molecule has 3 aromatic carbocycles. The first-order valence-electron chi connectivity index (χ1n) is 8.99. The van der Waals surface area contributed by atoms with Gasteiger partial charge in [-0.25, -0.2) is 0 Å². The van der Waals surface area contributed by atoms with Gasteiger partial charge in [0, 0.05) is 11.1 Å². The molecule has 27 heavy (non-hydrogen) atoms. The average Bonchev–Trinajstić information content (AvgIpc) is 2.69. The molecule has 0 aliphatic rings. The van der Waals surface area contributed by atoms with Gasteiger partial charge in [0.1, 0.15) is 13.1 Å². The van der Waals surface area contributed by atoms with Crippen molar-refractivity contribution in [2.45, 2.75) is 20.0 Å². The second-order valence-electron chi connectivity index (χ2n) is 6.18. The Morgan fingerprint density at radius 1 is 0.815 bits per heavy atom. The Balaban J connectivity index is 0.000000199. The fourth-order valence-electron chi connectivity index (χ4n) is 2.57. The molecule has 0 radical (unpaired) electrons. The molecule has 0 saturated carbocycles. The molecule has 3 rings (SSSR count). The molecule has 0 aliphatic carbocycles. The highest BCUT2D eigenvalue weighted by Gasteiger charge is 1.95. The lowest BCUT2D eigenvalue weighted by atomic mass is 10.1. The third-order valence-corrected chi connectivity index (χ3v) is 4.03. The van der Waals surface area contributed by atoms with Gasteiger partial charge in [-0.05, 0) is 24.1 Å². The summed E-state index contributed by atoms with van der Waals surface area (Å²) in [6.07, 6.45) is 2.56. The number of rotatable bonds is 6. The number of benzene rings is 3. The van der Waals surface area contributed by atoms with E-state index in [0.29, 0.717) is 0 Å². The number of quaternary nitrogens is 1. The van der Waals surface area contributed by atoms with Crippen molar-refractivity contribution in [2.24, 2.45) is 0 Å². The van der Waals surface area contributed by atoms with Gasteiger partial charge >= 0.3 is 0 Å². The molecule has 0 unspecified atom stereocenters. The number of aliphatic carboxylic acids is 1. The number of hydrogen-bond acceptors (Lipinski definition) is 2. The van der Waals surface area contributed by atoms with Crippen molar-refractivity contribution in [3.63, 3.8) is 0 Å². The van der Waals surface area contributed by atoms with E-state index in [4.69, 9.17) is 0 Å². The third-order valence-electron chi connectivity index (χ3n) is 4.03. The van der Waals surface area contributed by atoms with Gasteiger partial charge in [0.25, 0.3) is 0 Å². The molecule has 0 aliphatic heterocycles. The molecule has 0 amide bonds. The topological polar surface area (TPSA) is 56.7 Å². The Morgan fingerprint density at radius 2 is 1.30 bits per heavy atom. The van der Waals surface area contributed by atoms with Gasteiger partial charge in [0.15, 0.2) is 0 Å². The maximum atomic E-state index is 10.1. The summed E-state index contributed by atoms with van der Waals surface area (Å²) >= 11 is 0. The molecular formula is C24H25NO2. The number of carbonyl (C=O) groups excluding carboxylic acids is 1. The smallest absolute Gasteiger partial charge is 0.101 e. The van der Waals surface area contributed by atoms with Crippen LogP contribution in [0.25, 0.3) is 6.08 Å². The molecule has 0 aromatic heterocycles. The van der Waals surface area contributed by atoms with E-state index in [1.165, 1.54) is 17.2 Å². The van der Waals surface area contributed by atoms with E-state index < -0.39 is 5.97 Å². The standard InChI is InChI=1S/C14H15N.C10H10O2/c1-3-7-13(8-4-1)11-15-12-14-9-5-2-6-10-14;1-8-4-2-3-5-9(8)6-7-10(11)12/h1-10,15H,11-12H2;2-7H,1H3,(H,11,12)/b;7-6+. The molecule has 3 aromatic rings. The van der Waals surface area contributed by atoms with E-state index in [9.17, 15) is 9.90 Å². The Morgan fingerprint density at radius 3 is 1.78 bits per heavy atom. The van der Waals surface area contributed by atoms with Crippen LogP contribution < -0.4 is 10.4 Å². The lowest BCUT2D eigenvalue weighted by Crippen LogP contribution is -2.80. The fourth-order valence-corrected chi connectivity index (χ4v) is 2.57. The van der Waals surface area contributed by atoms with Crippen LogP contribution >= 0.6 is 0 Å². The van der Waals surface area contributed by atoms with E-state index in [2.05, 4.69) is 66.0 Å². The summed E-state index contributed by atoms with van der Waals surface area (Å²) in [6.45, 7) is 4.03. The van der Waals surface area contributed by atoms with E-state index in [1.807, 2.05) is 31.2 Å². The molecule has 3 heteroatoms. The highest BCUT2D eigenvalue weighted by molar-refractivity contribution is 5.83. The molecule has 0 saturated heterocycles. The van der Waals surface area contributed by atoms with Crippen molar-refractivity contribution in [1.29, 1.82) is 0 Å². The van der Waals surface area contributed by atoms with Gasteiger partial charge in [-0.15, -0.1) is 0 Å². The first-order chi connectivity index (χ1) is 13.1. The number of nitrogens with two attached hydrogens (primary N) is 1. The quantitative estimate of drug-likeness (QED) is 0.688. The average molecular weight is 359 g/mol. The highest BCUT2D eigenvalue weighted by atomic mass is 16.4. The van der Waals surface area contributed by atoms with Crippen LogP contribution in [0.4, 0.5) is 0 Å². The normalized spacial score (nSPS) is 10.3. The van der Waals surface area contributed by atoms with Crippen LogP contribution in [0.1, 0.15) is 22.3 Å². The number of carboxylic acid groups (broad SMARTS) is 1. The monoisotopic (exact) mass is 359 g/mol. The Bertz CT molecular complexity index is 803. The largest absolute Gasteiger partial charge is 0.545 e. The van der Waals surface area contributed by atoms with E-state index >= 15 is 0 Å². The summed E-state index contributed by atoms with van der Waals surface area (Å²) < 4.78 is 0. The van der Waals surface area contributed by atoms with Gasteiger partial charge < -0.3 is 15.2 Å². The lowest BCUT2D eigenvalue weighted by Gasteiger charge is -2.01. The second kappa shape index (κ2) is 11.4. The van der Waals surface area contributed by atoms with Crippen molar-refractivity contribution in [1.82, 2.24) is 0 Å².